The highest BCUT2D eigenvalue weighted by atomic mass is 35.5. The fraction of sp³-hybridized carbons (Fsp3) is 0.381. The van der Waals surface area contributed by atoms with E-state index in [1.807, 2.05) is 17.0 Å². The standard InChI is InChI=1S/C21H24N2O2.ClH/c1-25-21(10-12-22-13-11-21)20(24)23-14-16-6-2-4-8-18(16)19-9-5-3-7-17(19)15-23;/h2-9,22H,10-15H2,1H3;1H. The van der Waals surface area contributed by atoms with E-state index >= 15 is 0 Å². The number of carbonyl (C=O) groups is 1. The number of rotatable bonds is 2. The summed E-state index contributed by atoms with van der Waals surface area (Å²) in [4.78, 5) is 15.4. The van der Waals surface area contributed by atoms with Gasteiger partial charge in [0.25, 0.3) is 5.91 Å². The first-order chi connectivity index (χ1) is 12.2. The number of ether oxygens (including phenoxy) is 1. The second kappa shape index (κ2) is 7.78. The van der Waals surface area contributed by atoms with Gasteiger partial charge in [-0.2, -0.15) is 0 Å². The van der Waals surface area contributed by atoms with Crippen molar-refractivity contribution in [3.63, 3.8) is 0 Å². The molecular weight excluding hydrogens is 348 g/mol. The van der Waals surface area contributed by atoms with Gasteiger partial charge < -0.3 is 15.0 Å². The first-order valence-corrected chi connectivity index (χ1v) is 8.95. The monoisotopic (exact) mass is 372 g/mol. The summed E-state index contributed by atoms with van der Waals surface area (Å²) in [5, 5.41) is 3.32. The highest BCUT2D eigenvalue weighted by molar-refractivity contribution is 5.86. The van der Waals surface area contributed by atoms with Crippen LogP contribution in [0.3, 0.4) is 0 Å². The summed E-state index contributed by atoms with van der Waals surface area (Å²) in [6.45, 7) is 2.89. The largest absolute Gasteiger partial charge is 0.368 e. The molecule has 1 amide bonds. The minimum Gasteiger partial charge on any atom is -0.368 e. The molecule has 1 fully saturated rings. The molecule has 0 radical (unpaired) electrons. The van der Waals surface area contributed by atoms with Crippen LogP contribution in [-0.2, 0) is 22.6 Å². The third-order valence-electron chi connectivity index (χ3n) is 5.53. The van der Waals surface area contributed by atoms with E-state index in [1.165, 1.54) is 22.3 Å². The van der Waals surface area contributed by atoms with Gasteiger partial charge >= 0.3 is 0 Å². The van der Waals surface area contributed by atoms with Crippen LogP contribution in [0.15, 0.2) is 48.5 Å². The number of fused-ring (bicyclic) bond motifs is 3. The lowest BCUT2D eigenvalue weighted by molar-refractivity contribution is -0.159. The van der Waals surface area contributed by atoms with Crippen LogP contribution in [0.4, 0.5) is 0 Å². The number of hydrogen-bond acceptors (Lipinski definition) is 3. The minimum atomic E-state index is -0.695. The maximum absolute atomic E-state index is 13.5. The van der Waals surface area contributed by atoms with E-state index in [0.29, 0.717) is 13.1 Å². The fourth-order valence-corrected chi connectivity index (χ4v) is 4.08. The molecule has 0 spiro atoms. The SMILES string of the molecule is COC1(C(=O)N2Cc3ccccc3-c3ccccc3C2)CCNCC1.Cl. The van der Waals surface area contributed by atoms with Crippen molar-refractivity contribution in [2.45, 2.75) is 31.5 Å². The van der Waals surface area contributed by atoms with Crippen molar-refractivity contribution in [2.75, 3.05) is 20.2 Å². The molecule has 0 bridgehead atoms. The maximum atomic E-state index is 13.5. The van der Waals surface area contributed by atoms with Gasteiger partial charge in [-0.15, -0.1) is 12.4 Å². The van der Waals surface area contributed by atoms with Crippen LogP contribution in [0.1, 0.15) is 24.0 Å². The lowest BCUT2D eigenvalue weighted by Crippen LogP contribution is -2.54. The third kappa shape index (κ3) is 3.25. The van der Waals surface area contributed by atoms with Gasteiger partial charge in [0, 0.05) is 20.2 Å². The Labute approximate surface area is 160 Å². The zero-order valence-electron chi connectivity index (χ0n) is 15.0. The molecule has 2 aliphatic rings. The minimum absolute atomic E-state index is 0. The first-order valence-electron chi connectivity index (χ1n) is 8.95. The van der Waals surface area contributed by atoms with E-state index in [2.05, 4.69) is 41.7 Å². The Hall–Kier alpha value is -1.88. The molecule has 2 heterocycles. The smallest absolute Gasteiger partial charge is 0.255 e. The number of amides is 1. The predicted molar refractivity (Wildman–Crippen MR) is 105 cm³/mol. The summed E-state index contributed by atoms with van der Waals surface area (Å²) in [6, 6.07) is 16.8. The Morgan fingerprint density at radius 1 is 0.962 bits per heavy atom. The Balaban J connectivity index is 0.00000196. The quantitative estimate of drug-likeness (QED) is 0.878. The zero-order chi connectivity index (χ0) is 17.3. The van der Waals surface area contributed by atoms with Gasteiger partial charge in [-0.05, 0) is 48.2 Å². The number of piperidine rings is 1. The predicted octanol–water partition coefficient (Wildman–Crippen LogP) is 3.39. The van der Waals surface area contributed by atoms with Crippen LogP contribution < -0.4 is 5.32 Å². The van der Waals surface area contributed by atoms with Crippen LogP contribution in [0.5, 0.6) is 0 Å². The van der Waals surface area contributed by atoms with Crippen molar-refractivity contribution in [3.8, 4) is 11.1 Å². The normalized spacial score (nSPS) is 18.1. The van der Waals surface area contributed by atoms with Gasteiger partial charge in [-0.3, -0.25) is 4.79 Å². The van der Waals surface area contributed by atoms with Crippen LogP contribution in [0.25, 0.3) is 11.1 Å². The molecule has 2 aromatic rings. The van der Waals surface area contributed by atoms with E-state index in [9.17, 15) is 4.79 Å². The van der Waals surface area contributed by atoms with Crippen molar-refractivity contribution >= 4 is 18.3 Å². The van der Waals surface area contributed by atoms with Gasteiger partial charge in [-0.25, -0.2) is 0 Å². The number of nitrogens with one attached hydrogen (secondary N) is 1. The van der Waals surface area contributed by atoms with Gasteiger partial charge in [0.15, 0.2) is 0 Å². The van der Waals surface area contributed by atoms with Crippen LogP contribution in [0.2, 0.25) is 0 Å². The summed E-state index contributed by atoms with van der Waals surface area (Å²) in [5.74, 6) is 0.114. The average Bonchev–Trinajstić information content (AvgIpc) is 2.85. The Bertz CT molecular complexity index is 740. The van der Waals surface area contributed by atoms with Crippen molar-refractivity contribution < 1.29 is 9.53 Å². The van der Waals surface area contributed by atoms with E-state index in [1.54, 1.807) is 7.11 Å². The number of methoxy groups -OCH3 is 1. The van der Waals surface area contributed by atoms with Gasteiger partial charge in [-0.1, -0.05) is 48.5 Å². The summed E-state index contributed by atoms with van der Waals surface area (Å²) in [7, 11) is 1.67. The number of nitrogens with zero attached hydrogens (tertiary/aromatic N) is 1. The van der Waals surface area contributed by atoms with Gasteiger partial charge in [0.05, 0.1) is 0 Å². The molecule has 0 atom stereocenters. The molecule has 0 unspecified atom stereocenters. The molecule has 1 N–H and O–H groups in total. The molecule has 0 aliphatic carbocycles. The highest BCUT2D eigenvalue weighted by Gasteiger charge is 2.43. The molecule has 1 saturated heterocycles. The molecule has 4 nitrogen and oxygen atoms in total. The van der Waals surface area contributed by atoms with Crippen molar-refractivity contribution in [3.05, 3.63) is 59.7 Å². The first kappa shape index (κ1) is 18.9. The van der Waals surface area contributed by atoms with Gasteiger partial charge in [0.1, 0.15) is 5.60 Å². The fourth-order valence-electron chi connectivity index (χ4n) is 4.08. The summed E-state index contributed by atoms with van der Waals surface area (Å²) >= 11 is 0. The molecule has 26 heavy (non-hydrogen) atoms. The Morgan fingerprint density at radius 2 is 1.46 bits per heavy atom. The molecule has 138 valence electrons. The topological polar surface area (TPSA) is 41.6 Å². The average molecular weight is 373 g/mol. The number of carbonyl (C=O) groups excluding carboxylic acids is 1. The molecule has 0 aromatic heterocycles. The van der Waals surface area contributed by atoms with Crippen molar-refractivity contribution in [2.24, 2.45) is 0 Å². The Kier molecular flexibility index (Phi) is 5.66. The number of halogens is 1. The maximum Gasteiger partial charge on any atom is 0.255 e. The summed E-state index contributed by atoms with van der Waals surface area (Å²) in [6.07, 6.45) is 1.45. The van der Waals surface area contributed by atoms with Crippen LogP contribution in [-0.4, -0.2) is 36.6 Å². The van der Waals surface area contributed by atoms with Crippen LogP contribution in [0, 0.1) is 0 Å². The second-order valence-electron chi connectivity index (χ2n) is 6.92. The summed E-state index contributed by atoms with van der Waals surface area (Å²) < 4.78 is 5.78. The second-order valence-corrected chi connectivity index (χ2v) is 6.92. The van der Waals surface area contributed by atoms with Crippen molar-refractivity contribution in [1.29, 1.82) is 0 Å². The zero-order valence-corrected chi connectivity index (χ0v) is 15.8. The number of benzene rings is 2. The van der Waals surface area contributed by atoms with E-state index < -0.39 is 5.60 Å². The number of hydrogen-bond donors (Lipinski definition) is 1. The van der Waals surface area contributed by atoms with E-state index in [0.717, 1.165) is 25.9 Å². The molecule has 4 rings (SSSR count). The van der Waals surface area contributed by atoms with E-state index in [-0.39, 0.29) is 18.3 Å². The molecular formula is C21H25ClN2O2. The Morgan fingerprint density at radius 3 is 1.96 bits per heavy atom. The lowest BCUT2D eigenvalue weighted by Gasteiger charge is -2.38. The van der Waals surface area contributed by atoms with Crippen molar-refractivity contribution in [1.82, 2.24) is 10.2 Å². The molecule has 0 saturated carbocycles. The summed E-state index contributed by atoms with van der Waals surface area (Å²) in [5.41, 5.74) is 4.15. The molecule has 2 aliphatic heterocycles. The molecule has 5 heteroatoms. The highest BCUT2D eigenvalue weighted by Crippen LogP contribution is 2.34. The molecule has 2 aromatic carbocycles. The van der Waals surface area contributed by atoms with Crippen LogP contribution >= 0.6 is 12.4 Å². The lowest BCUT2D eigenvalue weighted by atomic mass is 9.90. The van der Waals surface area contributed by atoms with Gasteiger partial charge in [0.2, 0.25) is 0 Å². The van der Waals surface area contributed by atoms with E-state index in [4.69, 9.17) is 4.74 Å². The third-order valence-corrected chi connectivity index (χ3v) is 5.53.